The van der Waals surface area contributed by atoms with Crippen molar-refractivity contribution >= 4 is 23.4 Å². The van der Waals surface area contributed by atoms with Gasteiger partial charge in [-0.05, 0) is 37.5 Å². The van der Waals surface area contributed by atoms with Gasteiger partial charge in [0.25, 0.3) is 0 Å². The summed E-state index contributed by atoms with van der Waals surface area (Å²) in [6.45, 7) is 3.78. The molecule has 2 heterocycles. The molecule has 0 aliphatic carbocycles. The monoisotopic (exact) mass is 361 g/mol. The molecular formula is C19H24FN3O3. The molecule has 140 valence electrons. The first-order valence-electron chi connectivity index (χ1n) is 9.07. The van der Waals surface area contributed by atoms with E-state index >= 15 is 0 Å². The van der Waals surface area contributed by atoms with Crippen LogP contribution in [0.4, 0.5) is 10.1 Å². The maximum atomic E-state index is 14.1. The number of hydrogen-bond acceptors (Lipinski definition) is 3. The highest BCUT2D eigenvalue weighted by Gasteiger charge is 2.36. The number of aryl methyl sites for hydroxylation is 1. The third kappa shape index (κ3) is 4.03. The van der Waals surface area contributed by atoms with Gasteiger partial charge in [0, 0.05) is 39.0 Å². The van der Waals surface area contributed by atoms with Crippen LogP contribution in [0, 0.1) is 18.7 Å². The Balaban J connectivity index is 1.51. The molecule has 2 aliphatic rings. The molecule has 1 N–H and O–H groups in total. The molecule has 0 bridgehead atoms. The van der Waals surface area contributed by atoms with Crippen LogP contribution in [0.3, 0.4) is 0 Å². The average Bonchev–Trinajstić information content (AvgIpc) is 3.25. The van der Waals surface area contributed by atoms with Gasteiger partial charge in [0.15, 0.2) is 0 Å². The molecule has 3 amide bonds. The summed E-state index contributed by atoms with van der Waals surface area (Å²) in [6, 6.07) is 4.68. The highest BCUT2D eigenvalue weighted by Crippen LogP contribution is 2.28. The van der Waals surface area contributed by atoms with Gasteiger partial charge >= 0.3 is 0 Å². The summed E-state index contributed by atoms with van der Waals surface area (Å²) in [6.07, 6.45) is 2.39. The number of nitrogens with one attached hydrogen (secondary N) is 1. The normalized spacial score (nSPS) is 19.9. The first kappa shape index (κ1) is 18.4. The second-order valence-electron chi connectivity index (χ2n) is 6.99. The summed E-state index contributed by atoms with van der Waals surface area (Å²) in [5.74, 6) is -1.46. The van der Waals surface area contributed by atoms with Crippen LogP contribution in [0.25, 0.3) is 0 Å². The highest BCUT2D eigenvalue weighted by molar-refractivity contribution is 6.00. The molecule has 7 heteroatoms. The Labute approximate surface area is 152 Å². The number of hydrogen-bond donors (Lipinski definition) is 1. The maximum absolute atomic E-state index is 14.1. The Bertz CT molecular complexity index is 716. The van der Waals surface area contributed by atoms with Gasteiger partial charge in [0.2, 0.25) is 17.7 Å². The largest absolute Gasteiger partial charge is 0.355 e. The van der Waals surface area contributed by atoms with Crippen LogP contribution in [-0.4, -0.2) is 48.8 Å². The topological polar surface area (TPSA) is 69.7 Å². The van der Waals surface area contributed by atoms with Crippen molar-refractivity contribution in [2.75, 3.05) is 31.1 Å². The zero-order chi connectivity index (χ0) is 18.7. The first-order valence-corrected chi connectivity index (χ1v) is 9.07. The molecule has 0 radical (unpaired) electrons. The Morgan fingerprint density at radius 1 is 1.27 bits per heavy atom. The third-order valence-corrected chi connectivity index (χ3v) is 4.99. The molecule has 1 aromatic rings. The molecule has 26 heavy (non-hydrogen) atoms. The average molecular weight is 361 g/mol. The SMILES string of the molecule is Cc1ccc(N2CC(C(=O)NCCC(=O)N3CCCC3)CC2=O)c(F)c1. The van der Waals surface area contributed by atoms with Gasteiger partial charge in [-0.1, -0.05) is 6.07 Å². The molecule has 3 rings (SSSR count). The van der Waals surface area contributed by atoms with Crippen LogP contribution in [-0.2, 0) is 14.4 Å². The van der Waals surface area contributed by atoms with Gasteiger partial charge in [-0.3, -0.25) is 14.4 Å². The molecule has 1 aromatic carbocycles. The molecule has 0 spiro atoms. The van der Waals surface area contributed by atoms with Crippen LogP contribution in [0.5, 0.6) is 0 Å². The molecule has 2 saturated heterocycles. The number of nitrogens with zero attached hydrogens (tertiary/aromatic N) is 2. The van der Waals surface area contributed by atoms with Gasteiger partial charge in [-0.25, -0.2) is 4.39 Å². The number of amides is 3. The van der Waals surface area contributed by atoms with E-state index in [1.54, 1.807) is 19.1 Å². The van der Waals surface area contributed by atoms with E-state index in [1.807, 2.05) is 4.90 Å². The summed E-state index contributed by atoms with van der Waals surface area (Å²) in [5.41, 5.74) is 0.981. The summed E-state index contributed by atoms with van der Waals surface area (Å²) < 4.78 is 14.1. The van der Waals surface area contributed by atoms with Crippen molar-refractivity contribution in [3.63, 3.8) is 0 Å². The number of anilines is 1. The van der Waals surface area contributed by atoms with Gasteiger partial charge < -0.3 is 15.1 Å². The van der Waals surface area contributed by atoms with Crippen molar-refractivity contribution in [2.45, 2.75) is 32.6 Å². The standard InChI is InChI=1S/C19H24FN3O3/c1-13-4-5-16(15(20)10-13)23-12-14(11-18(23)25)19(26)21-7-6-17(24)22-8-2-3-9-22/h4-5,10,14H,2-3,6-9,11-12H2,1H3,(H,21,26). The van der Waals surface area contributed by atoms with E-state index in [2.05, 4.69) is 5.32 Å². The number of benzene rings is 1. The summed E-state index contributed by atoms with van der Waals surface area (Å²) in [4.78, 5) is 39.6. The molecule has 0 saturated carbocycles. The number of carbonyl (C=O) groups excluding carboxylic acids is 3. The van der Waals surface area contributed by atoms with Gasteiger partial charge in [-0.2, -0.15) is 0 Å². The molecule has 2 fully saturated rings. The van der Waals surface area contributed by atoms with Crippen LogP contribution < -0.4 is 10.2 Å². The fourth-order valence-corrected chi connectivity index (χ4v) is 3.51. The second-order valence-corrected chi connectivity index (χ2v) is 6.99. The fraction of sp³-hybridized carbons (Fsp3) is 0.526. The zero-order valence-corrected chi connectivity index (χ0v) is 15.0. The van der Waals surface area contributed by atoms with Crippen LogP contribution in [0.1, 0.15) is 31.2 Å². The Morgan fingerprint density at radius 3 is 2.69 bits per heavy atom. The maximum Gasteiger partial charge on any atom is 0.227 e. The van der Waals surface area contributed by atoms with E-state index in [1.165, 1.54) is 11.0 Å². The highest BCUT2D eigenvalue weighted by atomic mass is 19.1. The second kappa shape index (κ2) is 7.85. The molecule has 2 aliphatic heterocycles. The Morgan fingerprint density at radius 2 is 2.00 bits per heavy atom. The van der Waals surface area contributed by atoms with E-state index in [4.69, 9.17) is 0 Å². The van der Waals surface area contributed by atoms with Crippen molar-refractivity contribution in [3.8, 4) is 0 Å². The van der Waals surface area contributed by atoms with E-state index in [9.17, 15) is 18.8 Å². The minimum Gasteiger partial charge on any atom is -0.355 e. The van der Waals surface area contributed by atoms with E-state index in [0.29, 0.717) is 0 Å². The molecule has 6 nitrogen and oxygen atoms in total. The summed E-state index contributed by atoms with van der Waals surface area (Å²) >= 11 is 0. The van der Waals surface area contributed by atoms with Crippen LogP contribution in [0.15, 0.2) is 18.2 Å². The van der Waals surface area contributed by atoms with Crippen molar-refractivity contribution in [1.82, 2.24) is 10.2 Å². The Kier molecular flexibility index (Phi) is 5.54. The lowest BCUT2D eigenvalue weighted by molar-refractivity contribution is -0.130. The fourth-order valence-electron chi connectivity index (χ4n) is 3.51. The lowest BCUT2D eigenvalue weighted by Gasteiger charge is -2.18. The molecule has 1 atom stereocenters. The zero-order valence-electron chi connectivity index (χ0n) is 15.0. The van der Waals surface area contributed by atoms with Gasteiger partial charge in [-0.15, -0.1) is 0 Å². The van der Waals surface area contributed by atoms with E-state index in [0.717, 1.165) is 31.5 Å². The number of halogens is 1. The van der Waals surface area contributed by atoms with E-state index < -0.39 is 11.7 Å². The summed E-state index contributed by atoms with van der Waals surface area (Å²) in [5, 5.41) is 2.74. The minimum atomic E-state index is -0.523. The van der Waals surface area contributed by atoms with Crippen LogP contribution >= 0.6 is 0 Å². The smallest absolute Gasteiger partial charge is 0.227 e. The lowest BCUT2D eigenvalue weighted by Crippen LogP contribution is -2.36. The molecular weight excluding hydrogens is 337 g/mol. The first-order chi connectivity index (χ1) is 12.5. The lowest BCUT2D eigenvalue weighted by atomic mass is 10.1. The quantitative estimate of drug-likeness (QED) is 0.866. The predicted molar refractivity (Wildman–Crippen MR) is 95.0 cm³/mol. The Hall–Kier alpha value is -2.44. The van der Waals surface area contributed by atoms with Crippen molar-refractivity contribution in [2.24, 2.45) is 5.92 Å². The van der Waals surface area contributed by atoms with Gasteiger partial charge in [0.05, 0.1) is 11.6 Å². The molecule has 0 aromatic heterocycles. The number of carbonyl (C=O) groups is 3. The predicted octanol–water partition coefficient (Wildman–Crippen LogP) is 1.62. The van der Waals surface area contributed by atoms with E-state index in [-0.39, 0.29) is 49.3 Å². The van der Waals surface area contributed by atoms with Crippen molar-refractivity contribution < 1.29 is 18.8 Å². The van der Waals surface area contributed by atoms with Crippen molar-refractivity contribution in [1.29, 1.82) is 0 Å². The molecule has 1 unspecified atom stereocenters. The van der Waals surface area contributed by atoms with Crippen molar-refractivity contribution in [3.05, 3.63) is 29.6 Å². The minimum absolute atomic E-state index is 0.0497. The number of likely N-dealkylation sites (tertiary alicyclic amines) is 1. The van der Waals surface area contributed by atoms with Gasteiger partial charge in [0.1, 0.15) is 5.82 Å². The van der Waals surface area contributed by atoms with Crippen LogP contribution in [0.2, 0.25) is 0 Å². The third-order valence-electron chi connectivity index (χ3n) is 4.99. The summed E-state index contributed by atoms with van der Waals surface area (Å²) in [7, 11) is 0. The number of rotatable bonds is 5.